The zero-order valence-corrected chi connectivity index (χ0v) is 19.8. The lowest BCUT2D eigenvalue weighted by molar-refractivity contribution is -0.143. The maximum absolute atomic E-state index is 13.1. The van der Waals surface area contributed by atoms with Gasteiger partial charge in [0, 0.05) is 6.42 Å². The molecule has 4 atom stereocenters. The van der Waals surface area contributed by atoms with E-state index in [0.29, 0.717) is 5.56 Å². The Morgan fingerprint density at radius 3 is 1.79 bits per heavy atom. The quantitative estimate of drug-likeness (QED) is 0.226. The molecule has 0 aromatic heterocycles. The van der Waals surface area contributed by atoms with Gasteiger partial charge < -0.3 is 31.9 Å². The van der Waals surface area contributed by atoms with Crippen LogP contribution in [0, 0.1) is 11.8 Å². The van der Waals surface area contributed by atoms with E-state index in [2.05, 4.69) is 16.0 Å². The number of benzene rings is 1. The molecule has 0 radical (unpaired) electrons. The summed E-state index contributed by atoms with van der Waals surface area (Å²) in [6.45, 7) is 6.66. The topological polar surface area (TPSA) is 188 Å². The van der Waals surface area contributed by atoms with Crippen molar-refractivity contribution in [3.05, 3.63) is 35.9 Å². The van der Waals surface area contributed by atoms with Gasteiger partial charge in [0.15, 0.2) is 0 Å². The molecule has 0 bridgehead atoms. The molecule has 0 unspecified atom stereocenters. The number of amides is 3. The van der Waals surface area contributed by atoms with Gasteiger partial charge in [0.1, 0.15) is 18.1 Å². The summed E-state index contributed by atoms with van der Waals surface area (Å²) in [7, 11) is 0. The van der Waals surface area contributed by atoms with Gasteiger partial charge in [-0.3, -0.25) is 19.2 Å². The van der Waals surface area contributed by atoms with Crippen molar-refractivity contribution in [2.24, 2.45) is 17.6 Å². The van der Waals surface area contributed by atoms with E-state index in [0.717, 1.165) is 0 Å². The average molecular weight is 479 g/mol. The normalized spacial score (nSPS) is 14.6. The fourth-order valence-corrected chi connectivity index (χ4v) is 3.16. The first-order valence-electron chi connectivity index (χ1n) is 11.0. The molecule has 11 nitrogen and oxygen atoms in total. The first-order valence-corrected chi connectivity index (χ1v) is 11.0. The number of carbonyl (C=O) groups excluding carboxylic acids is 3. The van der Waals surface area contributed by atoms with Crippen LogP contribution in [-0.2, 0) is 30.4 Å². The standard InChI is InChI=1S/C23H34N4O7/c1-12(2)18(22(32)27-19(13(3)4)23(33)34)26-21(31)16(10-14-8-6-5-7-9-14)25-20(30)15(24)11-17(28)29/h5-9,12-13,15-16,18-19H,10-11,24H2,1-4H3,(H,25,30)(H,26,31)(H,27,32)(H,28,29)(H,33,34)/t15-,16-,18-,19-/m0/s1. The summed E-state index contributed by atoms with van der Waals surface area (Å²) in [4.78, 5) is 60.7. The highest BCUT2D eigenvalue weighted by Gasteiger charge is 2.33. The van der Waals surface area contributed by atoms with Crippen LogP contribution in [0.15, 0.2) is 30.3 Å². The summed E-state index contributed by atoms with van der Waals surface area (Å²) in [5.41, 5.74) is 6.34. The van der Waals surface area contributed by atoms with Crippen LogP contribution < -0.4 is 21.7 Å². The number of nitrogens with two attached hydrogens (primary N) is 1. The van der Waals surface area contributed by atoms with E-state index in [-0.39, 0.29) is 12.3 Å². The minimum absolute atomic E-state index is 0.0639. The first kappa shape index (κ1) is 28.6. The van der Waals surface area contributed by atoms with Crippen LogP contribution in [0.1, 0.15) is 39.7 Å². The molecule has 0 aliphatic carbocycles. The van der Waals surface area contributed by atoms with Gasteiger partial charge in [-0.25, -0.2) is 4.79 Å². The van der Waals surface area contributed by atoms with E-state index in [1.807, 2.05) is 0 Å². The number of rotatable bonds is 13. The second kappa shape index (κ2) is 13.3. The molecule has 0 spiro atoms. The van der Waals surface area contributed by atoms with Crippen molar-refractivity contribution in [1.29, 1.82) is 0 Å². The van der Waals surface area contributed by atoms with Crippen LogP contribution in [-0.4, -0.2) is 64.0 Å². The molecule has 34 heavy (non-hydrogen) atoms. The van der Waals surface area contributed by atoms with Crippen LogP contribution in [0.5, 0.6) is 0 Å². The Balaban J connectivity index is 3.08. The van der Waals surface area contributed by atoms with E-state index in [1.165, 1.54) is 0 Å². The molecular weight excluding hydrogens is 444 g/mol. The summed E-state index contributed by atoms with van der Waals surface area (Å²) in [6, 6.07) is 4.06. The first-order chi connectivity index (χ1) is 15.8. The van der Waals surface area contributed by atoms with Crippen molar-refractivity contribution in [2.75, 3.05) is 0 Å². The Morgan fingerprint density at radius 2 is 1.32 bits per heavy atom. The number of hydrogen-bond acceptors (Lipinski definition) is 6. The summed E-state index contributed by atoms with van der Waals surface area (Å²) in [6.07, 6.45) is -0.553. The maximum Gasteiger partial charge on any atom is 0.326 e. The van der Waals surface area contributed by atoms with Crippen molar-refractivity contribution in [1.82, 2.24) is 16.0 Å². The van der Waals surface area contributed by atoms with E-state index >= 15 is 0 Å². The largest absolute Gasteiger partial charge is 0.481 e. The minimum atomic E-state index is -1.37. The third-order valence-electron chi connectivity index (χ3n) is 5.12. The van der Waals surface area contributed by atoms with Gasteiger partial charge in [0.05, 0.1) is 12.5 Å². The molecule has 7 N–H and O–H groups in total. The van der Waals surface area contributed by atoms with Crippen LogP contribution in [0.3, 0.4) is 0 Å². The minimum Gasteiger partial charge on any atom is -0.481 e. The average Bonchev–Trinajstić information content (AvgIpc) is 2.74. The Hall–Kier alpha value is -3.47. The third kappa shape index (κ3) is 9.18. The molecule has 11 heteroatoms. The fourth-order valence-electron chi connectivity index (χ4n) is 3.16. The third-order valence-corrected chi connectivity index (χ3v) is 5.12. The number of hydrogen-bond donors (Lipinski definition) is 6. The number of aliphatic carboxylic acids is 2. The van der Waals surface area contributed by atoms with Gasteiger partial charge >= 0.3 is 11.9 Å². The smallest absolute Gasteiger partial charge is 0.326 e. The maximum atomic E-state index is 13.1. The summed E-state index contributed by atoms with van der Waals surface area (Å²) < 4.78 is 0. The Morgan fingerprint density at radius 1 is 0.794 bits per heavy atom. The zero-order chi connectivity index (χ0) is 26.0. The molecule has 1 aromatic rings. The molecule has 1 rings (SSSR count). The monoisotopic (exact) mass is 478 g/mol. The van der Waals surface area contributed by atoms with Gasteiger partial charge in [-0.2, -0.15) is 0 Å². The SMILES string of the molecule is CC(C)[C@H](NC(=O)[C@@H](NC(=O)[C@H](Cc1ccccc1)NC(=O)[C@@H](N)CC(=O)O)C(C)C)C(=O)O. The predicted molar refractivity (Wildman–Crippen MR) is 123 cm³/mol. The molecule has 0 saturated carbocycles. The van der Waals surface area contributed by atoms with Crippen molar-refractivity contribution < 1.29 is 34.2 Å². The lowest BCUT2D eigenvalue weighted by atomic mass is 9.99. The van der Waals surface area contributed by atoms with Crippen LogP contribution >= 0.6 is 0 Å². The fraction of sp³-hybridized carbons (Fsp3) is 0.522. The lowest BCUT2D eigenvalue weighted by Crippen LogP contribution is -2.59. The zero-order valence-electron chi connectivity index (χ0n) is 19.8. The number of carbonyl (C=O) groups is 5. The van der Waals surface area contributed by atoms with Gasteiger partial charge in [-0.1, -0.05) is 58.0 Å². The second-order valence-electron chi connectivity index (χ2n) is 8.75. The highest BCUT2D eigenvalue weighted by atomic mass is 16.4. The summed E-state index contributed by atoms with van der Waals surface area (Å²) in [5.74, 6) is -5.42. The van der Waals surface area contributed by atoms with Crippen molar-refractivity contribution >= 4 is 29.7 Å². The van der Waals surface area contributed by atoms with E-state index < -0.39 is 66.2 Å². The van der Waals surface area contributed by atoms with Crippen LogP contribution in [0.25, 0.3) is 0 Å². The molecule has 0 fully saturated rings. The highest BCUT2D eigenvalue weighted by molar-refractivity contribution is 5.95. The summed E-state index contributed by atoms with van der Waals surface area (Å²) >= 11 is 0. The number of carboxylic acids is 2. The van der Waals surface area contributed by atoms with E-state index in [4.69, 9.17) is 10.8 Å². The van der Waals surface area contributed by atoms with Gasteiger partial charge in [0.2, 0.25) is 17.7 Å². The predicted octanol–water partition coefficient (Wildman–Crippen LogP) is -0.118. The number of nitrogens with one attached hydrogen (secondary N) is 3. The molecular formula is C23H34N4O7. The molecule has 0 saturated heterocycles. The van der Waals surface area contributed by atoms with Gasteiger partial charge in [-0.05, 0) is 17.4 Å². The van der Waals surface area contributed by atoms with E-state index in [9.17, 15) is 29.1 Å². The molecule has 188 valence electrons. The molecule has 1 aromatic carbocycles. The second-order valence-corrected chi connectivity index (χ2v) is 8.75. The van der Waals surface area contributed by atoms with Crippen molar-refractivity contribution in [3.8, 4) is 0 Å². The Bertz CT molecular complexity index is 873. The number of carboxylic acid groups (broad SMARTS) is 2. The molecule has 3 amide bonds. The lowest BCUT2D eigenvalue weighted by Gasteiger charge is -2.28. The van der Waals surface area contributed by atoms with Crippen molar-refractivity contribution in [3.63, 3.8) is 0 Å². The van der Waals surface area contributed by atoms with Crippen molar-refractivity contribution in [2.45, 2.75) is 64.7 Å². The van der Waals surface area contributed by atoms with Crippen LogP contribution in [0.4, 0.5) is 0 Å². The van der Waals surface area contributed by atoms with E-state index in [1.54, 1.807) is 58.0 Å². The molecule has 0 aliphatic heterocycles. The summed E-state index contributed by atoms with van der Waals surface area (Å²) in [5, 5.41) is 25.7. The Kier molecular flexibility index (Phi) is 11.2. The van der Waals surface area contributed by atoms with Gasteiger partial charge in [-0.15, -0.1) is 0 Å². The Labute approximate surface area is 198 Å². The van der Waals surface area contributed by atoms with Gasteiger partial charge in [0.25, 0.3) is 0 Å². The van der Waals surface area contributed by atoms with Crippen LogP contribution in [0.2, 0.25) is 0 Å². The highest BCUT2D eigenvalue weighted by Crippen LogP contribution is 2.09. The molecule has 0 aliphatic rings. The molecule has 0 heterocycles.